The van der Waals surface area contributed by atoms with Crippen molar-refractivity contribution in [3.05, 3.63) is 70.5 Å². The lowest BCUT2D eigenvalue weighted by atomic mass is 9.32. The van der Waals surface area contributed by atoms with Gasteiger partial charge in [0.05, 0.1) is 34.3 Å². The topological polar surface area (TPSA) is 117 Å². The molecule has 7 aliphatic carbocycles. The van der Waals surface area contributed by atoms with Gasteiger partial charge in [0.2, 0.25) is 5.78 Å². The summed E-state index contributed by atoms with van der Waals surface area (Å²) in [6.45, 7) is 12.6. The zero-order valence-corrected chi connectivity index (χ0v) is 35.5. The summed E-state index contributed by atoms with van der Waals surface area (Å²) in [4.78, 5) is 45.0. The average molecular weight is 838 g/mol. The van der Waals surface area contributed by atoms with Crippen LogP contribution in [0, 0.1) is 44.3 Å². The highest BCUT2D eigenvalue weighted by molar-refractivity contribution is 6.33. The second-order valence-corrected chi connectivity index (χ2v) is 20.8. The lowest BCUT2D eigenvalue weighted by Crippen LogP contribution is -2.68. The van der Waals surface area contributed by atoms with Crippen LogP contribution in [0.5, 0.6) is 0 Å². The molecule has 1 aliphatic heterocycles. The fourth-order valence-corrected chi connectivity index (χ4v) is 14.3. The molecule has 2 spiro atoms. The summed E-state index contributed by atoms with van der Waals surface area (Å²) < 4.78 is 53.3. The Hall–Kier alpha value is -3.41. The number of carbonyl (C=O) groups excluding carboxylic acids is 3. The average Bonchev–Trinajstić information content (AvgIpc) is 3.86. The van der Waals surface area contributed by atoms with Gasteiger partial charge in [0.1, 0.15) is 5.76 Å². The van der Waals surface area contributed by atoms with Crippen LogP contribution in [0.1, 0.15) is 122 Å². The van der Waals surface area contributed by atoms with Gasteiger partial charge in [-0.2, -0.15) is 13.2 Å². The van der Waals surface area contributed by atoms with Crippen molar-refractivity contribution in [2.24, 2.45) is 44.3 Å². The Morgan fingerprint density at radius 1 is 0.932 bits per heavy atom. The van der Waals surface area contributed by atoms with Crippen molar-refractivity contribution in [2.75, 3.05) is 13.1 Å². The third kappa shape index (κ3) is 5.01. The van der Waals surface area contributed by atoms with Gasteiger partial charge in [-0.25, -0.2) is 0 Å². The number of furan rings is 1. The molecule has 318 valence electrons. The number of halogens is 4. The number of esters is 1. The lowest BCUT2D eigenvalue weighted by molar-refractivity contribution is -0.187. The SMILES string of the molecule is CCCN(C[C@]1(O)CC[C@H]2[C@]34C=C[C@@]5(C=C3C(=O)c3ccc(-c6cc(C(F)(F)F)ccc6Cl)o3)CC(O)CC[C@]5(C)[C@H]4CC[C@@]21C)C(=O)[C@@]12CC[C@@](C)(C(=O)O1)C2(C)C. The number of Topliss-reactive ketones (excluding diaryl/α,β-unsaturated/α-hetero) is 1. The minimum Gasteiger partial charge on any atom is -0.453 e. The number of amides is 1. The van der Waals surface area contributed by atoms with E-state index in [9.17, 15) is 33.0 Å². The molecule has 10 rings (SSSR count). The highest BCUT2D eigenvalue weighted by Gasteiger charge is 2.78. The van der Waals surface area contributed by atoms with Crippen molar-refractivity contribution in [2.45, 2.75) is 129 Å². The van der Waals surface area contributed by atoms with E-state index in [1.807, 2.05) is 27.7 Å². The van der Waals surface area contributed by atoms with Crippen LogP contribution in [0.4, 0.5) is 13.2 Å². The quantitative estimate of drug-likeness (QED) is 0.155. The number of ether oxygens (including phenoxy) is 1. The van der Waals surface area contributed by atoms with E-state index in [0.717, 1.165) is 18.6 Å². The molecule has 2 aromatic rings. The molecule has 59 heavy (non-hydrogen) atoms. The number of hydrogen-bond donors (Lipinski definition) is 2. The van der Waals surface area contributed by atoms with Gasteiger partial charge in [0, 0.05) is 39.3 Å². The molecule has 5 fully saturated rings. The first-order valence-electron chi connectivity index (χ1n) is 21.4. The number of allylic oxidation sites excluding steroid dienone is 4. The van der Waals surface area contributed by atoms with Gasteiger partial charge < -0.3 is 24.3 Å². The Labute approximate surface area is 348 Å². The van der Waals surface area contributed by atoms with Crippen LogP contribution in [0.2, 0.25) is 5.02 Å². The summed E-state index contributed by atoms with van der Waals surface area (Å²) in [5.41, 5.74) is -7.05. The molecule has 12 heteroatoms. The monoisotopic (exact) mass is 837 g/mol. The zero-order valence-electron chi connectivity index (χ0n) is 34.7. The number of fused-ring (bicyclic) bond motifs is 3. The van der Waals surface area contributed by atoms with Crippen LogP contribution in [0.25, 0.3) is 11.3 Å². The molecule has 1 saturated heterocycles. The Kier molecular flexibility index (Phi) is 8.74. The molecule has 4 saturated carbocycles. The smallest absolute Gasteiger partial charge is 0.416 e. The van der Waals surface area contributed by atoms with Crippen LogP contribution >= 0.6 is 11.6 Å². The number of nitrogens with zero attached hydrogens (tertiary/aromatic N) is 1. The highest BCUT2D eigenvalue weighted by atomic mass is 35.5. The fourth-order valence-electron chi connectivity index (χ4n) is 14.0. The third-order valence-electron chi connectivity index (χ3n) is 18.0. The molecule has 0 radical (unpaired) electrons. The largest absolute Gasteiger partial charge is 0.453 e. The predicted octanol–water partition coefficient (Wildman–Crippen LogP) is 9.75. The molecular formula is C47H55ClF3NO7. The summed E-state index contributed by atoms with van der Waals surface area (Å²) in [6, 6.07) is 5.95. The second kappa shape index (κ2) is 12.6. The van der Waals surface area contributed by atoms with E-state index >= 15 is 4.79 Å². The number of benzene rings is 1. The van der Waals surface area contributed by atoms with Crippen molar-refractivity contribution < 1.29 is 46.9 Å². The van der Waals surface area contributed by atoms with Gasteiger partial charge in [-0.3, -0.25) is 14.4 Å². The Morgan fingerprint density at radius 2 is 1.63 bits per heavy atom. The number of alkyl halides is 3. The molecule has 1 aromatic heterocycles. The van der Waals surface area contributed by atoms with Crippen LogP contribution in [-0.4, -0.2) is 63.2 Å². The van der Waals surface area contributed by atoms with E-state index < -0.39 is 56.1 Å². The molecular weight excluding hydrogens is 783 g/mol. The minimum atomic E-state index is -4.61. The first-order valence-corrected chi connectivity index (χ1v) is 21.8. The van der Waals surface area contributed by atoms with Gasteiger partial charge in [0.25, 0.3) is 5.91 Å². The molecule has 8 nitrogen and oxygen atoms in total. The Morgan fingerprint density at radius 3 is 2.29 bits per heavy atom. The lowest BCUT2D eigenvalue weighted by Gasteiger charge is -2.71. The van der Waals surface area contributed by atoms with Crippen molar-refractivity contribution in [3.63, 3.8) is 0 Å². The van der Waals surface area contributed by atoms with Crippen molar-refractivity contribution >= 4 is 29.3 Å². The molecule has 10 atom stereocenters. The number of carbonyl (C=O) groups is 3. The van der Waals surface area contributed by atoms with Gasteiger partial charge in [-0.05, 0) is 119 Å². The van der Waals surface area contributed by atoms with Crippen molar-refractivity contribution in [3.8, 4) is 11.3 Å². The van der Waals surface area contributed by atoms with Crippen LogP contribution < -0.4 is 0 Å². The maximum Gasteiger partial charge on any atom is 0.416 e. The van der Waals surface area contributed by atoms with E-state index in [0.29, 0.717) is 69.9 Å². The first kappa shape index (κ1) is 41.0. The standard InChI is InChI=1S/C47H55ClF3NO7/c1-7-22-52(37(55)46-21-18-42(6,38(56)59-46)39(46,2)3)26-44(57)17-14-35-41(44,5)16-13-34-40(4)15-12-28(53)24-43(40)19-20-45(34,35)30(25-43)36(54)33-11-10-32(58-33)29-23-27(47(49,50)51)8-9-31(29)48/h8-11,19-20,23,25,28,34-35,53,57H,7,12-18,21-22,24,26H2,1-6H3/t28?,34-,35-,40-,41+,42+,43+,44-,45-,46-/m1/s1. The zero-order chi connectivity index (χ0) is 42.6. The van der Waals surface area contributed by atoms with Gasteiger partial charge >= 0.3 is 12.1 Å². The normalized spacial score (nSPS) is 41.3. The number of hydrogen-bond acceptors (Lipinski definition) is 7. The van der Waals surface area contributed by atoms with Crippen LogP contribution in [0.15, 0.2) is 58.6 Å². The summed E-state index contributed by atoms with van der Waals surface area (Å²) in [5, 5.41) is 24.3. The molecule has 2 N–H and O–H groups in total. The summed E-state index contributed by atoms with van der Waals surface area (Å²) in [6.07, 6.45) is 7.03. The third-order valence-corrected chi connectivity index (χ3v) is 18.3. The molecule has 4 bridgehead atoms. The van der Waals surface area contributed by atoms with E-state index in [2.05, 4.69) is 32.1 Å². The van der Waals surface area contributed by atoms with E-state index in [1.54, 1.807) is 4.90 Å². The molecule has 1 aromatic carbocycles. The van der Waals surface area contributed by atoms with E-state index in [4.69, 9.17) is 20.8 Å². The van der Waals surface area contributed by atoms with Crippen molar-refractivity contribution in [1.29, 1.82) is 0 Å². The predicted molar refractivity (Wildman–Crippen MR) is 214 cm³/mol. The van der Waals surface area contributed by atoms with Gasteiger partial charge in [-0.15, -0.1) is 0 Å². The molecule has 8 aliphatic rings. The fraction of sp³-hybridized carbons (Fsp3) is 0.638. The number of rotatable bonds is 8. The maximum atomic E-state index is 15.2. The van der Waals surface area contributed by atoms with E-state index in [-0.39, 0.29) is 63.6 Å². The van der Waals surface area contributed by atoms with Crippen LogP contribution in [-0.2, 0) is 20.5 Å². The molecule has 2 heterocycles. The van der Waals surface area contributed by atoms with Crippen LogP contribution in [0.3, 0.4) is 0 Å². The summed E-state index contributed by atoms with van der Waals surface area (Å²) in [7, 11) is 0. The van der Waals surface area contributed by atoms with Crippen molar-refractivity contribution in [1.82, 2.24) is 4.90 Å². The Balaban J connectivity index is 1.11. The maximum absolute atomic E-state index is 15.2. The summed E-state index contributed by atoms with van der Waals surface area (Å²) in [5.74, 6) is -1.24. The summed E-state index contributed by atoms with van der Waals surface area (Å²) >= 11 is 6.40. The molecule has 1 unspecified atom stereocenters. The first-order chi connectivity index (χ1) is 27.5. The van der Waals surface area contributed by atoms with Gasteiger partial charge in [-0.1, -0.05) is 64.4 Å². The molecule has 1 amide bonds. The Bertz CT molecular complexity index is 2230. The van der Waals surface area contributed by atoms with Gasteiger partial charge in [0.15, 0.2) is 11.4 Å². The number of aliphatic hydroxyl groups is 2. The number of ketones is 1. The minimum absolute atomic E-state index is 0.0204. The number of aliphatic hydroxyl groups excluding tert-OH is 1. The highest BCUT2D eigenvalue weighted by Crippen LogP contribution is 2.78. The second-order valence-electron chi connectivity index (χ2n) is 20.4. The van der Waals surface area contributed by atoms with E-state index in [1.165, 1.54) is 18.2 Å².